The number of fused-ring (bicyclic) bond motifs is 1. The summed E-state index contributed by atoms with van der Waals surface area (Å²) < 4.78 is 34.9. The molecule has 1 aromatic carbocycles. The summed E-state index contributed by atoms with van der Waals surface area (Å²) in [4.78, 5) is 12.8. The van der Waals surface area contributed by atoms with Crippen LogP contribution >= 0.6 is 0 Å². The van der Waals surface area contributed by atoms with E-state index in [1.54, 1.807) is 49.1 Å². The normalized spacial score (nSPS) is 13.4. The van der Waals surface area contributed by atoms with Crippen LogP contribution in [0.1, 0.15) is 5.56 Å². The Morgan fingerprint density at radius 1 is 1.15 bits per heavy atom. The lowest BCUT2D eigenvalue weighted by molar-refractivity contribution is 0.356. The lowest BCUT2D eigenvalue weighted by atomic mass is 10.2. The van der Waals surface area contributed by atoms with E-state index in [0.717, 1.165) is 17.7 Å². The first-order chi connectivity index (χ1) is 12.6. The average Bonchev–Trinajstić information content (AvgIpc) is 3.31. The molecule has 9 heteroatoms. The fourth-order valence-electron chi connectivity index (χ4n) is 2.82. The number of sulfonamides is 1. The Morgan fingerprint density at radius 3 is 2.85 bits per heavy atom. The zero-order valence-electron chi connectivity index (χ0n) is 13.9. The molecule has 0 unspecified atom stereocenters. The van der Waals surface area contributed by atoms with Gasteiger partial charge in [0.05, 0.1) is 11.5 Å². The van der Waals surface area contributed by atoms with Gasteiger partial charge in [-0.15, -0.1) is 0 Å². The highest BCUT2D eigenvalue weighted by Crippen LogP contribution is 2.27. The third-order valence-electron chi connectivity index (χ3n) is 4.10. The molecule has 1 N–H and O–H groups in total. The topological polar surface area (TPSA) is 99.0 Å². The fraction of sp³-hybridized carbons (Fsp3) is 0.235. The minimum absolute atomic E-state index is 0.228. The molecule has 0 bridgehead atoms. The molecule has 134 valence electrons. The summed E-state index contributed by atoms with van der Waals surface area (Å²) >= 11 is 0. The van der Waals surface area contributed by atoms with Crippen LogP contribution in [0.25, 0.3) is 11.6 Å². The van der Waals surface area contributed by atoms with Gasteiger partial charge < -0.3 is 9.30 Å². The summed E-state index contributed by atoms with van der Waals surface area (Å²) in [6.45, 7) is 1.24. The lowest BCUT2D eigenvalue weighted by Gasteiger charge is -2.10. The summed E-state index contributed by atoms with van der Waals surface area (Å²) in [5, 5.41) is 0. The fourth-order valence-corrected chi connectivity index (χ4v) is 3.90. The van der Waals surface area contributed by atoms with Crippen LogP contribution in [0.15, 0.2) is 53.9 Å². The van der Waals surface area contributed by atoms with Crippen LogP contribution in [-0.4, -0.2) is 41.1 Å². The second-order valence-electron chi connectivity index (χ2n) is 5.78. The van der Waals surface area contributed by atoms with Crippen LogP contribution in [0.3, 0.4) is 0 Å². The van der Waals surface area contributed by atoms with E-state index in [9.17, 15) is 8.42 Å². The molecule has 26 heavy (non-hydrogen) atoms. The van der Waals surface area contributed by atoms with Gasteiger partial charge in [0, 0.05) is 44.3 Å². The monoisotopic (exact) mass is 371 g/mol. The molecule has 4 rings (SSSR count). The van der Waals surface area contributed by atoms with Gasteiger partial charge in [-0.2, -0.15) is 0 Å². The Labute approximate surface area is 151 Å². The van der Waals surface area contributed by atoms with Crippen LogP contribution in [0, 0.1) is 0 Å². The first kappa shape index (κ1) is 16.7. The quantitative estimate of drug-likeness (QED) is 0.700. The van der Waals surface area contributed by atoms with E-state index >= 15 is 0 Å². The molecule has 0 aliphatic carbocycles. The number of hydrogen-bond donors (Lipinski definition) is 1. The highest BCUT2D eigenvalue weighted by molar-refractivity contribution is 7.89. The highest BCUT2D eigenvalue weighted by atomic mass is 32.2. The molecule has 3 heterocycles. The molecule has 0 atom stereocenters. The SMILES string of the molecule is O=S(=O)(NCCn1ccnc1-c1ncccn1)c1ccc2c(c1)CCO2. The third kappa shape index (κ3) is 3.31. The van der Waals surface area contributed by atoms with Crippen molar-refractivity contribution in [3.8, 4) is 17.4 Å². The van der Waals surface area contributed by atoms with Crippen molar-refractivity contribution in [2.75, 3.05) is 13.2 Å². The molecular formula is C17H17N5O3S. The number of imidazole rings is 1. The summed E-state index contributed by atoms with van der Waals surface area (Å²) in [6, 6.07) is 6.67. The maximum absolute atomic E-state index is 12.5. The maximum atomic E-state index is 12.5. The zero-order valence-corrected chi connectivity index (χ0v) is 14.7. The summed E-state index contributed by atoms with van der Waals surface area (Å²) in [5.41, 5.74) is 0.922. The minimum atomic E-state index is -3.58. The van der Waals surface area contributed by atoms with Gasteiger partial charge in [-0.05, 0) is 29.8 Å². The average molecular weight is 371 g/mol. The Hall–Kier alpha value is -2.78. The Balaban J connectivity index is 1.44. The van der Waals surface area contributed by atoms with E-state index < -0.39 is 10.0 Å². The zero-order chi connectivity index (χ0) is 18.0. The van der Waals surface area contributed by atoms with Crippen LogP contribution in [-0.2, 0) is 23.0 Å². The molecule has 1 aliphatic heterocycles. The van der Waals surface area contributed by atoms with Gasteiger partial charge in [-0.3, -0.25) is 0 Å². The molecule has 0 spiro atoms. The van der Waals surface area contributed by atoms with Gasteiger partial charge in [0.15, 0.2) is 11.6 Å². The van der Waals surface area contributed by atoms with E-state index in [4.69, 9.17) is 4.74 Å². The molecule has 0 fully saturated rings. The van der Waals surface area contributed by atoms with Crippen LogP contribution in [0.4, 0.5) is 0 Å². The molecule has 0 saturated heterocycles. The second-order valence-corrected chi connectivity index (χ2v) is 7.55. The van der Waals surface area contributed by atoms with Crippen molar-refractivity contribution < 1.29 is 13.2 Å². The van der Waals surface area contributed by atoms with Gasteiger partial charge in [-0.1, -0.05) is 0 Å². The predicted molar refractivity (Wildman–Crippen MR) is 94.1 cm³/mol. The number of ether oxygens (including phenoxy) is 1. The smallest absolute Gasteiger partial charge is 0.240 e. The summed E-state index contributed by atoms with van der Waals surface area (Å²) in [5.74, 6) is 1.85. The summed E-state index contributed by atoms with van der Waals surface area (Å²) in [6.07, 6.45) is 7.42. The van der Waals surface area contributed by atoms with E-state index in [-0.39, 0.29) is 11.4 Å². The molecule has 1 aliphatic rings. The largest absolute Gasteiger partial charge is 0.493 e. The number of aromatic nitrogens is 4. The molecule has 0 radical (unpaired) electrons. The Kier molecular flexibility index (Phi) is 4.39. The van der Waals surface area contributed by atoms with Crippen LogP contribution in [0.2, 0.25) is 0 Å². The second kappa shape index (κ2) is 6.85. The number of nitrogens with one attached hydrogen (secondary N) is 1. The maximum Gasteiger partial charge on any atom is 0.240 e. The van der Waals surface area contributed by atoms with E-state index in [1.165, 1.54) is 0 Å². The predicted octanol–water partition coefficient (Wildman–Crippen LogP) is 1.25. The Morgan fingerprint density at radius 2 is 2.00 bits per heavy atom. The lowest BCUT2D eigenvalue weighted by Crippen LogP contribution is -2.27. The van der Waals surface area contributed by atoms with Crippen molar-refractivity contribution in [2.45, 2.75) is 17.9 Å². The highest BCUT2D eigenvalue weighted by Gasteiger charge is 2.19. The van der Waals surface area contributed by atoms with Crippen LogP contribution < -0.4 is 9.46 Å². The van der Waals surface area contributed by atoms with Gasteiger partial charge >= 0.3 is 0 Å². The standard InChI is InChI=1S/C17H17N5O3S/c23-26(24,14-2-3-15-13(12-14)4-11-25-15)21-8-10-22-9-7-20-17(22)16-18-5-1-6-19-16/h1-3,5-7,9,12,21H,4,8,10-11H2. The van der Waals surface area contributed by atoms with E-state index in [1.807, 2.05) is 4.57 Å². The van der Waals surface area contributed by atoms with Crippen LogP contribution in [0.5, 0.6) is 5.75 Å². The van der Waals surface area contributed by atoms with Crippen molar-refractivity contribution in [3.63, 3.8) is 0 Å². The summed E-state index contributed by atoms with van der Waals surface area (Å²) in [7, 11) is -3.58. The first-order valence-corrected chi connectivity index (χ1v) is 9.66. The van der Waals surface area contributed by atoms with Crippen molar-refractivity contribution in [2.24, 2.45) is 0 Å². The number of nitrogens with zero attached hydrogens (tertiary/aromatic N) is 4. The van der Waals surface area contributed by atoms with E-state index in [2.05, 4.69) is 19.7 Å². The molecular weight excluding hydrogens is 354 g/mol. The molecule has 0 amide bonds. The van der Waals surface area contributed by atoms with Gasteiger partial charge in [-0.25, -0.2) is 28.1 Å². The number of rotatable bonds is 6. The van der Waals surface area contributed by atoms with Crippen molar-refractivity contribution >= 4 is 10.0 Å². The van der Waals surface area contributed by atoms with Crippen molar-refractivity contribution in [1.82, 2.24) is 24.2 Å². The molecule has 8 nitrogen and oxygen atoms in total. The molecule has 3 aromatic rings. The number of benzene rings is 1. The van der Waals surface area contributed by atoms with Crippen molar-refractivity contribution in [1.29, 1.82) is 0 Å². The Bertz CT molecular complexity index is 1020. The first-order valence-electron chi connectivity index (χ1n) is 8.17. The van der Waals surface area contributed by atoms with Gasteiger partial charge in [0.25, 0.3) is 0 Å². The van der Waals surface area contributed by atoms with Gasteiger partial charge in [0.2, 0.25) is 10.0 Å². The third-order valence-corrected chi connectivity index (χ3v) is 5.56. The van der Waals surface area contributed by atoms with Gasteiger partial charge in [0.1, 0.15) is 5.75 Å². The molecule has 0 saturated carbocycles. The number of hydrogen-bond acceptors (Lipinski definition) is 6. The van der Waals surface area contributed by atoms with Crippen molar-refractivity contribution in [3.05, 3.63) is 54.6 Å². The molecule has 2 aromatic heterocycles. The van der Waals surface area contributed by atoms with E-state index in [0.29, 0.717) is 24.8 Å². The minimum Gasteiger partial charge on any atom is -0.493 e.